The van der Waals surface area contributed by atoms with E-state index in [2.05, 4.69) is 50.5 Å². The molecule has 0 aliphatic heterocycles. The first kappa shape index (κ1) is 23.2. The zero-order valence-corrected chi connectivity index (χ0v) is 22.4. The maximum absolute atomic E-state index is 11.3. The predicted octanol–water partition coefficient (Wildman–Crippen LogP) is 4.73. The predicted molar refractivity (Wildman–Crippen MR) is 134 cm³/mol. The topological polar surface area (TPSA) is 95.9 Å². The van der Waals surface area contributed by atoms with E-state index in [1.807, 2.05) is 57.3 Å². The van der Waals surface area contributed by atoms with Crippen molar-refractivity contribution in [2.24, 2.45) is 0 Å². The number of carboxylic acids is 1. The lowest BCUT2D eigenvalue weighted by Gasteiger charge is -2.16. The van der Waals surface area contributed by atoms with Crippen molar-refractivity contribution in [1.82, 2.24) is 5.32 Å². The summed E-state index contributed by atoms with van der Waals surface area (Å²) in [6.45, 7) is 1.29. The Hall–Kier alpha value is -0.100. The van der Waals surface area contributed by atoms with Gasteiger partial charge in [-0.3, -0.25) is 4.79 Å². The number of amides is 1. The quantitative estimate of drug-likeness (QED) is 0.367. The maximum Gasteiger partial charge on any atom is 0.326 e. The fourth-order valence-electron chi connectivity index (χ4n) is 2.23. The van der Waals surface area contributed by atoms with Gasteiger partial charge in [-0.05, 0) is 120 Å². The van der Waals surface area contributed by atoms with Crippen LogP contribution < -0.4 is 10.1 Å². The summed E-state index contributed by atoms with van der Waals surface area (Å²) in [4.78, 5) is 22.5. The molecule has 0 saturated heterocycles. The lowest BCUT2D eigenvalue weighted by Crippen LogP contribution is -2.41. The molecule has 144 valence electrons. The SMILES string of the molecule is CC(=O)NC(Cc1cc(I)c(Oc2cc(I)c(O)c(I)c2)c(I)c1)C(=O)O. The number of hydrogen-bond donors (Lipinski definition) is 3. The molecule has 2 rings (SSSR count). The first-order valence-electron chi connectivity index (χ1n) is 7.42. The van der Waals surface area contributed by atoms with Crippen molar-refractivity contribution in [1.29, 1.82) is 0 Å². The third-order valence-corrected chi connectivity index (χ3v) is 6.63. The third-order valence-electron chi connectivity index (χ3n) is 3.38. The van der Waals surface area contributed by atoms with Crippen molar-refractivity contribution in [3.05, 3.63) is 44.1 Å². The molecule has 0 spiro atoms. The number of benzene rings is 2. The molecule has 1 amide bonds. The smallest absolute Gasteiger partial charge is 0.326 e. The number of phenolic OH excluding ortho intramolecular Hbond substituents is 1. The van der Waals surface area contributed by atoms with Crippen LogP contribution in [0.3, 0.4) is 0 Å². The lowest BCUT2D eigenvalue weighted by molar-refractivity contribution is -0.141. The zero-order chi connectivity index (χ0) is 20.3. The van der Waals surface area contributed by atoms with Gasteiger partial charge in [-0.1, -0.05) is 0 Å². The monoisotopic (exact) mass is 819 g/mol. The van der Waals surface area contributed by atoms with Crippen molar-refractivity contribution < 1.29 is 24.5 Å². The van der Waals surface area contributed by atoms with Crippen LogP contribution in [0.5, 0.6) is 17.2 Å². The molecule has 0 aromatic heterocycles. The van der Waals surface area contributed by atoms with Crippen LogP contribution in [0.1, 0.15) is 12.5 Å². The highest BCUT2D eigenvalue weighted by Crippen LogP contribution is 2.36. The molecule has 2 aromatic carbocycles. The van der Waals surface area contributed by atoms with Crippen molar-refractivity contribution in [2.45, 2.75) is 19.4 Å². The summed E-state index contributed by atoms with van der Waals surface area (Å²) in [5, 5.41) is 21.6. The molecule has 1 unspecified atom stereocenters. The molecule has 0 saturated carbocycles. The lowest BCUT2D eigenvalue weighted by atomic mass is 10.1. The van der Waals surface area contributed by atoms with Gasteiger partial charge in [-0.15, -0.1) is 0 Å². The number of phenols is 1. The Morgan fingerprint density at radius 1 is 1.04 bits per heavy atom. The first-order valence-corrected chi connectivity index (χ1v) is 11.7. The molecule has 10 heteroatoms. The number of hydrogen-bond acceptors (Lipinski definition) is 4. The summed E-state index contributed by atoms with van der Waals surface area (Å²) in [6.07, 6.45) is 0.177. The van der Waals surface area contributed by atoms with E-state index in [-0.39, 0.29) is 18.1 Å². The van der Waals surface area contributed by atoms with E-state index in [9.17, 15) is 19.8 Å². The molecule has 0 radical (unpaired) electrons. The van der Waals surface area contributed by atoms with Crippen molar-refractivity contribution in [3.8, 4) is 17.2 Å². The average Bonchev–Trinajstić information content (AvgIpc) is 2.54. The van der Waals surface area contributed by atoms with E-state index >= 15 is 0 Å². The fourth-order valence-corrected chi connectivity index (χ4v) is 6.06. The second-order valence-electron chi connectivity index (χ2n) is 5.52. The van der Waals surface area contributed by atoms with Crippen LogP contribution in [0.2, 0.25) is 0 Å². The third kappa shape index (κ3) is 6.45. The molecule has 3 N–H and O–H groups in total. The number of carbonyl (C=O) groups excluding carboxylic acids is 1. The summed E-state index contributed by atoms with van der Waals surface area (Å²) in [7, 11) is 0. The van der Waals surface area contributed by atoms with Gasteiger partial charge in [-0.2, -0.15) is 0 Å². The largest absolute Gasteiger partial charge is 0.506 e. The number of nitrogens with one attached hydrogen (secondary N) is 1. The van der Waals surface area contributed by atoms with E-state index in [1.54, 1.807) is 12.1 Å². The van der Waals surface area contributed by atoms with E-state index in [0.717, 1.165) is 12.7 Å². The van der Waals surface area contributed by atoms with Crippen LogP contribution in [0, 0.1) is 14.3 Å². The highest BCUT2D eigenvalue weighted by Gasteiger charge is 2.20. The zero-order valence-electron chi connectivity index (χ0n) is 13.7. The summed E-state index contributed by atoms with van der Waals surface area (Å²) in [5.41, 5.74) is 0.784. The normalized spacial score (nSPS) is 11.7. The number of aliphatic carboxylic acids is 1. The number of aromatic hydroxyl groups is 1. The van der Waals surface area contributed by atoms with Crippen molar-refractivity contribution >= 4 is 102 Å². The Bertz CT molecular complexity index is 857. The molecule has 2 aromatic rings. The first-order chi connectivity index (χ1) is 12.6. The van der Waals surface area contributed by atoms with Gasteiger partial charge >= 0.3 is 5.97 Å². The molecule has 6 nitrogen and oxygen atoms in total. The molecular formula is C17H13I4NO5. The second kappa shape index (κ2) is 10.1. The van der Waals surface area contributed by atoms with Crippen LogP contribution in [-0.2, 0) is 16.0 Å². The molecule has 27 heavy (non-hydrogen) atoms. The van der Waals surface area contributed by atoms with E-state index in [4.69, 9.17) is 4.74 Å². The van der Waals surface area contributed by atoms with E-state index < -0.39 is 12.0 Å². The van der Waals surface area contributed by atoms with Crippen LogP contribution in [0.25, 0.3) is 0 Å². The Morgan fingerprint density at radius 3 is 2.00 bits per heavy atom. The minimum absolute atomic E-state index is 0.177. The number of rotatable bonds is 6. The van der Waals surface area contributed by atoms with Gasteiger partial charge in [0.1, 0.15) is 17.5 Å². The number of ether oxygens (including phenoxy) is 1. The summed E-state index contributed by atoms with van der Waals surface area (Å²) < 4.78 is 9.03. The number of carbonyl (C=O) groups is 2. The summed E-state index contributed by atoms with van der Waals surface area (Å²) in [6, 6.07) is 6.18. The molecule has 0 aliphatic rings. The second-order valence-corrected chi connectivity index (χ2v) is 10.2. The summed E-state index contributed by atoms with van der Waals surface area (Å²) >= 11 is 8.35. The highest BCUT2D eigenvalue weighted by molar-refractivity contribution is 14.1. The Labute approximate surface area is 210 Å². The molecule has 1 atom stereocenters. The molecule has 0 heterocycles. The van der Waals surface area contributed by atoms with E-state index in [1.165, 1.54) is 6.92 Å². The van der Waals surface area contributed by atoms with Crippen LogP contribution in [-0.4, -0.2) is 28.1 Å². The Morgan fingerprint density at radius 2 is 1.56 bits per heavy atom. The van der Waals surface area contributed by atoms with E-state index in [0.29, 0.717) is 18.6 Å². The van der Waals surface area contributed by atoms with Gasteiger partial charge < -0.3 is 20.3 Å². The molecule has 0 aliphatic carbocycles. The van der Waals surface area contributed by atoms with Gasteiger partial charge in [0, 0.05) is 13.3 Å². The van der Waals surface area contributed by atoms with Gasteiger partial charge in [0.15, 0.2) is 5.75 Å². The van der Waals surface area contributed by atoms with Crippen molar-refractivity contribution in [2.75, 3.05) is 0 Å². The fraction of sp³-hybridized carbons (Fsp3) is 0.176. The van der Waals surface area contributed by atoms with Crippen LogP contribution >= 0.6 is 90.4 Å². The minimum atomic E-state index is -1.08. The average molecular weight is 819 g/mol. The van der Waals surface area contributed by atoms with Crippen molar-refractivity contribution in [3.63, 3.8) is 0 Å². The van der Waals surface area contributed by atoms with Gasteiger partial charge in [0.2, 0.25) is 5.91 Å². The van der Waals surface area contributed by atoms with Crippen LogP contribution in [0.15, 0.2) is 24.3 Å². The molecule has 0 fully saturated rings. The van der Waals surface area contributed by atoms with Gasteiger partial charge in [0.05, 0.1) is 14.3 Å². The minimum Gasteiger partial charge on any atom is -0.506 e. The highest BCUT2D eigenvalue weighted by atomic mass is 127. The Kier molecular flexibility index (Phi) is 8.66. The van der Waals surface area contributed by atoms with Gasteiger partial charge in [-0.25, -0.2) is 4.79 Å². The number of carboxylic acid groups (broad SMARTS) is 1. The maximum atomic E-state index is 11.3. The Balaban J connectivity index is 2.29. The molecule has 0 bridgehead atoms. The summed E-state index contributed by atoms with van der Waals surface area (Å²) in [5.74, 6) is 0.0172. The van der Waals surface area contributed by atoms with Gasteiger partial charge in [0.25, 0.3) is 0 Å². The molecular weight excluding hydrogens is 806 g/mol. The van der Waals surface area contributed by atoms with Crippen LogP contribution in [0.4, 0.5) is 0 Å². The number of halogens is 4. The standard InChI is InChI=1S/C17H13I4NO5/c1-7(23)22-14(17(25)26)4-8-2-12(20)16(13(21)3-8)27-9-5-10(18)15(24)11(19)6-9/h2-3,5-6,14,24H,4H2,1H3,(H,22,23)(H,25,26).